The molecule has 2 atom stereocenters. The lowest BCUT2D eigenvalue weighted by Gasteiger charge is -2.28. The highest BCUT2D eigenvalue weighted by Crippen LogP contribution is 2.19. The first-order valence-electron chi connectivity index (χ1n) is 5.97. The third-order valence-electron chi connectivity index (χ3n) is 2.55. The molecule has 19 heavy (non-hydrogen) atoms. The number of aliphatic carboxylic acids is 1. The lowest BCUT2D eigenvalue weighted by atomic mass is 9.87. The highest BCUT2D eigenvalue weighted by atomic mass is 16.4. The van der Waals surface area contributed by atoms with Crippen LogP contribution in [0, 0.1) is 5.41 Å². The van der Waals surface area contributed by atoms with E-state index in [0.29, 0.717) is 0 Å². The van der Waals surface area contributed by atoms with E-state index < -0.39 is 29.5 Å². The van der Waals surface area contributed by atoms with Gasteiger partial charge in [-0.05, 0) is 12.3 Å². The third-order valence-corrected chi connectivity index (χ3v) is 2.55. The van der Waals surface area contributed by atoms with Gasteiger partial charge < -0.3 is 20.6 Å². The van der Waals surface area contributed by atoms with Gasteiger partial charge in [-0.25, -0.2) is 9.59 Å². The Morgan fingerprint density at radius 1 is 1.11 bits per heavy atom. The second-order valence-electron chi connectivity index (χ2n) is 5.71. The van der Waals surface area contributed by atoms with Crippen molar-refractivity contribution in [2.24, 2.45) is 5.41 Å². The SMILES string of the molecule is CC(NC(=O)N[C@H](C(=O)O)C(C)(C)C)C(=O)N(C)C. The fourth-order valence-corrected chi connectivity index (χ4v) is 1.47. The lowest BCUT2D eigenvalue weighted by molar-refractivity contribution is -0.141. The molecule has 0 aromatic heterocycles. The second-order valence-corrected chi connectivity index (χ2v) is 5.71. The van der Waals surface area contributed by atoms with Gasteiger partial charge in [-0.1, -0.05) is 20.8 Å². The van der Waals surface area contributed by atoms with Crippen molar-refractivity contribution in [2.45, 2.75) is 39.8 Å². The number of rotatable bonds is 4. The van der Waals surface area contributed by atoms with Crippen molar-refractivity contribution < 1.29 is 19.5 Å². The number of carboxylic acids is 1. The van der Waals surface area contributed by atoms with E-state index in [0.717, 1.165) is 0 Å². The molecule has 7 nitrogen and oxygen atoms in total. The summed E-state index contributed by atoms with van der Waals surface area (Å²) in [6, 6.07) is -2.43. The van der Waals surface area contributed by atoms with Crippen molar-refractivity contribution in [1.29, 1.82) is 0 Å². The van der Waals surface area contributed by atoms with Crippen LogP contribution in [0.5, 0.6) is 0 Å². The minimum Gasteiger partial charge on any atom is -0.480 e. The maximum Gasteiger partial charge on any atom is 0.326 e. The van der Waals surface area contributed by atoms with Gasteiger partial charge in [-0.2, -0.15) is 0 Å². The van der Waals surface area contributed by atoms with E-state index >= 15 is 0 Å². The Hall–Kier alpha value is -1.79. The second kappa shape index (κ2) is 6.40. The Morgan fingerprint density at radius 2 is 1.58 bits per heavy atom. The monoisotopic (exact) mass is 273 g/mol. The number of nitrogens with one attached hydrogen (secondary N) is 2. The average Bonchev–Trinajstić information content (AvgIpc) is 2.22. The molecule has 0 radical (unpaired) electrons. The highest BCUT2D eigenvalue weighted by Gasteiger charge is 2.33. The standard InChI is InChI=1S/C12H23N3O4/c1-7(9(16)15(5)6)13-11(19)14-8(10(17)18)12(2,3)4/h7-8H,1-6H3,(H,17,18)(H2,13,14,19)/t7?,8-/m1/s1. The Balaban J connectivity index is 4.61. The van der Waals surface area contributed by atoms with E-state index in [4.69, 9.17) is 5.11 Å². The van der Waals surface area contributed by atoms with Crippen LogP contribution in [0.25, 0.3) is 0 Å². The largest absolute Gasteiger partial charge is 0.480 e. The molecule has 0 aliphatic rings. The predicted molar refractivity (Wildman–Crippen MR) is 70.7 cm³/mol. The summed E-state index contributed by atoms with van der Waals surface area (Å²) < 4.78 is 0. The molecule has 0 heterocycles. The first-order valence-corrected chi connectivity index (χ1v) is 5.97. The smallest absolute Gasteiger partial charge is 0.326 e. The minimum absolute atomic E-state index is 0.266. The molecule has 0 aliphatic heterocycles. The summed E-state index contributed by atoms with van der Waals surface area (Å²) in [5.74, 6) is -1.38. The zero-order valence-electron chi connectivity index (χ0n) is 12.3. The molecule has 0 rings (SSSR count). The molecule has 0 spiro atoms. The van der Waals surface area contributed by atoms with Crippen LogP contribution in [-0.4, -0.2) is 54.1 Å². The van der Waals surface area contributed by atoms with Crippen LogP contribution in [-0.2, 0) is 9.59 Å². The summed E-state index contributed by atoms with van der Waals surface area (Å²) in [5.41, 5.74) is -0.627. The van der Waals surface area contributed by atoms with Crippen molar-refractivity contribution in [3.8, 4) is 0 Å². The molecule has 0 aliphatic carbocycles. The maximum absolute atomic E-state index is 11.7. The lowest BCUT2D eigenvalue weighted by Crippen LogP contribution is -2.55. The fraction of sp³-hybridized carbons (Fsp3) is 0.750. The molecule has 0 saturated heterocycles. The Morgan fingerprint density at radius 3 is 1.89 bits per heavy atom. The number of hydrogen-bond acceptors (Lipinski definition) is 3. The van der Waals surface area contributed by atoms with E-state index in [2.05, 4.69) is 10.6 Å². The molecule has 0 fully saturated rings. The quantitative estimate of drug-likeness (QED) is 0.684. The van der Waals surface area contributed by atoms with Crippen molar-refractivity contribution in [1.82, 2.24) is 15.5 Å². The van der Waals surface area contributed by atoms with E-state index in [1.807, 2.05) is 0 Å². The van der Waals surface area contributed by atoms with Gasteiger partial charge in [0.15, 0.2) is 0 Å². The molecule has 3 amide bonds. The normalized spacial score (nSPS) is 14.2. The summed E-state index contributed by atoms with van der Waals surface area (Å²) in [6.07, 6.45) is 0. The third kappa shape index (κ3) is 5.58. The molecule has 7 heteroatoms. The van der Waals surface area contributed by atoms with Gasteiger partial charge in [0.05, 0.1) is 0 Å². The van der Waals surface area contributed by atoms with Crippen LogP contribution in [0.4, 0.5) is 4.79 Å². The topological polar surface area (TPSA) is 98.7 Å². The highest BCUT2D eigenvalue weighted by molar-refractivity contribution is 5.88. The number of carboxylic acid groups (broad SMARTS) is 1. The number of nitrogens with zero attached hydrogens (tertiary/aromatic N) is 1. The van der Waals surface area contributed by atoms with Crippen molar-refractivity contribution >= 4 is 17.9 Å². The van der Waals surface area contributed by atoms with E-state index in [1.165, 1.54) is 11.8 Å². The van der Waals surface area contributed by atoms with Gasteiger partial charge >= 0.3 is 12.0 Å². The first kappa shape index (κ1) is 17.2. The molecule has 0 saturated carbocycles. The van der Waals surface area contributed by atoms with E-state index in [9.17, 15) is 14.4 Å². The van der Waals surface area contributed by atoms with Crippen LogP contribution in [0.15, 0.2) is 0 Å². The van der Waals surface area contributed by atoms with Crippen LogP contribution in [0.3, 0.4) is 0 Å². The van der Waals surface area contributed by atoms with Crippen LogP contribution < -0.4 is 10.6 Å². The molecule has 0 aromatic rings. The average molecular weight is 273 g/mol. The van der Waals surface area contributed by atoms with Crippen molar-refractivity contribution in [3.05, 3.63) is 0 Å². The fourth-order valence-electron chi connectivity index (χ4n) is 1.47. The molecule has 110 valence electrons. The van der Waals surface area contributed by atoms with Gasteiger partial charge in [0.25, 0.3) is 0 Å². The predicted octanol–water partition coefficient (Wildman–Crippen LogP) is 0.262. The minimum atomic E-state index is -1.12. The van der Waals surface area contributed by atoms with E-state index in [-0.39, 0.29) is 5.91 Å². The zero-order chi connectivity index (χ0) is 15.4. The van der Waals surface area contributed by atoms with Gasteiger partial charge in [-0.3, -0.25) is 4.79 Å². The summed E-state index contributed by atoms with van der Waals surface area (Å²) in [4.78, 5) is 35.7. The molecular weight excluding hydrogens is 250 g/mol. The number of amides is 3. The Bertz CT molecular complexity index is 360. The number of carbonyl (C=O) groups is 3. The number of carbonyl (C=O) groups excluding carboxylic acids is 2. The van der Waals surface area contributed by atoms with Crippen molar-refractivity contribution in [3.63, 3.8) is 0 Å². The van der Waals surface area contributed by atoms with E-state index in [1.54, 1.807) is 34.9 Å². The first-order chi connectivity index (χ1) is 8.46. The summed E-state index contributed by atoms with van der Waals surface area (Å²) in [7, 11) is 3.15. The Labute approximate surface area is 113 Å². The molecule has 1 unspecified atom stereocenters. The molecule has 3 N–H and O–H groups in total. The van der Waals surface area contributed by atoms with Gasteiger partial charge in [-0.15, -0.1) is 0 Å². The summed E-state index contributed by atoms with van der Waals surface area (Å²) in [5, 5.41) is 13.8. The van der Waals surface area contributed by atoms with Gasteiger partial charge in [0.1, 0.15) is 12.1 Å². The number of hydrogen-bond donors (Lipinski definition) is 3. The van der Waals surface area contributed by atoms with Crippen LogP contribution in [0.1, 0.15) is 27.7 Å². The molecule has 0 aromatic carbocycles. The molecular formula is C12H23N3O4. The maximum atomic E-state index is 11.7. The zero-order valence-corrected chi connectivity index (χ0v) is 12.3. The van der Waals surface area contributed by atoms with Crippen LogP contribution >= 0.6 is 0 Å². The summed E-state index contributed by atoms with van der Waals surface area (Å²) >= 11 is 0. The Kier molecular flexibility index (Phi) is 5.80. The van der Waals surface area contributed by atoms with Gasteiger partial charge in [0.2, 0.25) is 5.91 Å². The number of likely N-dealkylation sites (N-methyl/N-ethyl adjacent to an activating group) is 1. The van der Waals surface area contributed by atoms with Gasteiger partial charge in [0, 0.05) is 14.1 Å². The van der Waals surface area contributed by atoms with Crippen molar-refractivity contribution in [2.75, 3.05) is 14.1 Å². The number of urea groups is 1. The summed E-state index contributed by atoms with van der Waals surface area (Å²) in [6.45, 7) is 6.66. The molecule has 0 bridgehead atoms. The van der Waals surface area contributed by atoms with Crippen LogP contribution in [0.2, 0.25) is 0 Å².